The van der Waals surface area contributed by atoms with Crippen LogP contribution in [0.15, 0.2) is 24.7 Å². The van der Waals surface area contributed by atoms with Gasteiger partial charge in [-0.3, -0.25) is 15.1 Å². The van der Waals surface area contributed by atoms with Gasteiger partial charge in [0.1, 0.15) is 6.20 Å². The topological polar surface area (TPSA) is 120 Å². The highest BCUT2D eigenvalue weighted by atomic mass is 35.5. The summed E-state index contributed by atoms with van der Waals surface area (Å²) in [6.07, 6.45) is 4.23. The summed E-state index contributed by atoms with van der Waals surface area (Å²) in [6, 6.07) is 1.66. The minimum atomic E-state index is -0.642. The molecular weight excluding hydrogens is 272 g/mol. The van der Waals surface area contributed by atoms with Crippen LogP contribution in [0.25, 0.3) is 0 Å². The standard InChI is InChI=1S/C10H9ClN6O2/c11-7-1-2-13-3-6(7)4-14-10-15-5-8(17(18)19)9(12)16-10/h1-3,5H,4H2,(H3,12,14,15,16). The summed E-state index contributed by atoms with van der Waals surface area (Å²) >= 11 is 5.95. The van der Waals surface area contributed by atoms with Gasteiger partial charge >= 0.3 is 5.69 Å². The maximum Gasteiger partial charge on any atom is 0.329 e. The molecule has 0 aliphatic heterocycles. The fraction of sp³-hybridized carbons (Fsp3) is 0.100. The quantitative estimate of drug-likeness (QED) is 0.645. The molecule has 0 saturated heterocycles. The Bertz CT molecular complexity index is 621. The number of nitrogens with one attached hydrogen (secondary N) is 1. The molecule has 0 bridgehead atoms. The lowest BCUT2D eigenvalue weighted by Crippen LogP contribution is -2.07. The van der Waals surface area contributed by atoms with Gasteiger partial charge in [-0.25, -0.2) is 4.98 Å². The second-order valence-corrected chi connectivity index (χ2v) is 3.95. The molecule has 2 aromatic heterocycles. The van der Waals surface area contributed by atoms with Crippen LogP contribution in [0.2, 0.25) is 5.02 Å². The van der Waals surface area contributed by atoms with Crippen LogP contribution in [0.3, 0.4) is 0 Å². The first-order valence-corrected chi connectivity index (χ1v) is 5.55. The molecule has 2 aromatic rings. The third-order valence-electron chi connectivity index (χ3n) is 2.28. The van der Waals surface area contributed by atoms with Gasteiger partial charge in [-0.15, -0.1) is 0 Å². The molecule has 0 aliphatic rings. The SMILES string of the molecule is Nc1nc(NCc2cnccc2Cl)ncc1[N+](=O)[O-]. The number of halogens is 1. The van der Waals surface area contributed by atoms with Crippen molar-refractivity contribution in [3.8, 4) is 0 Å². The summed E-state index contributed by atoms with van der Waals surface area (Å²) < 4.78 is 0. The first-order valence-electron chi connectivity index (χ1n) is 5.17. The largest absolute Gasteiger partial charge is 0.378 e. The van der Waals surface area contributed by atoms with E-state index in [-0.39, 0.29) is 17.5 Å². The first-order chi connectivity index (χ1) is 9.08. The van der Waals surface area contributed by atoms with E-state index in [0.29, 0.717) is 11.6 Å². The molecule has 0 amide bonds. The van der Waals surface area contributed by atoms with Crippen molar-refractivity contribution in [2.24, 2.45) is 0 Å². The third kappa shape index (κ3) is 3.05. The molecule has 19 heavy (non-hydrogen) atoms. The Hall–Kier alpha value is -2.48. The van der Waals surface area contributed by atoms with E-state index in [9.17, 15) is 10.1 Å². The van der Waals surface area contributed by atoms with Crippen LogP contribution in [-0.2, 0) is 6.54 Å². The second-order valence-electron chi connectivity index (χ2n) is 3.54. The van der Waals surface area contributed by atoms with Gasteiger partial charge in [0.15, 0.2) is 0 Å². The molecule has 2 rings (SSSR count). The summed E-state index contributed by atoms with van der Waals surface area (Å²) in [7, 11) is 0. The molecule has 9 heteroatoms. The van der Waals surface area contributed by atoms with Gasteiger partial charge in [0.05, 0.1) is 4.92 Å². The Morgan fingerprint density at radius 1 is 1.47 bits per heavy atom. The molecule has 0 fully saturated rings. The van der Waals surface area contributed by atoms with Crippen LogP contribution < -0.4 is 11.1 Å². The third-order valence-corrected chi connectivity index (χ3v) is 2.64. The summed E-state index contributed by atoms with van der Waals surface area (Å²) in [5.41, 5.74) is 5.88. The van der Waals surface area contributed by atoms with Crippen LogP contribution in [0, 0.1) is 10.1 Å². The number of pyridine rings is 1. The smallest absolute Gasteiger partial charge is 0.329 e. The molecule has 98 valence electrons. The lowest BCUT2D eigenvalue weighted by molar-refractivity contribution is -0.384. The Balaban J connectivity index is 2.11. The van der Waals surface area contributed by atoms with E-state index >= 15 is 0 Å². The molecule has 2 heterocycles. The van der Waals surface area contributed by atoms with E-state index in [4.69, 9.17) is 17.3 Å². The molecule has 0 radical (unpaired) electrons. The van der Waals surface area contributed by atoms with Crippen molar-refractivity contribution in [3.05, 3.63) is 45.4 Å². The maximum absolute atomic E-state index is 10.6. The highest BCUT2D eigenvalue weighted by molar-refractivity contribution is 6.31. The van der Waals surface area contributed by atoms with Crippen molar-refractivity contribution < 1.29 is 4.92 Å². The van der Waals surface area contributed by atoms with Crippen LogP contribution in [0.4, 0.5) is 17.5 Å². The number of rotatable bonds is 4. The number of hydrogen-bond acceptors (Lipinski definition) is 7. The minimum Gasteiger partial charge on any atom is -0.378 e. The Labute approximate surface area is 112 Å². The van der Waals surface area contributed by atoms with Crippen molar-refractivity contribution in [3.63, 3.8) is 0 Å². The van der Waals surface area contributed by atoms with Crippen LogP contribution >= 0.6 is 11.6 Å². The molecule has 0 aromatic carbocycles. The van der Waals surface area contributed by atoms with Crippen molar-refractivity contribution >= 4 is 29.1 Å². The summed E-state index contributed by atoms with van der Waals surface area (Å²) in [6.45, 7) is 0.337. The zero-order chi connectivity index (χ0) is 13.8. The van der Waals surface area contributed by atoms with Crippen molar-refractivity contribution in [1.29, 1.82) is 0 Å². The minimum absolute atomic E-state index is 0.183. The van der Waals surface area contributed by atoms with E-state index in [0.717, 1.165) is 11.8 Å². The zero-order valence-corrected chi connectivity index (χ0v) is 10.3. The molecule has 0 aliphatic carbocycles. The predicted octanol–water partition coefficient (Wildman–Crippen LogP) is 1.63. The Morgan fingerprint density at radius 3 is 2.89 bits per heavy atom. The molecular formula is C10H9ClN6O2. The summed E-state index contributed by atoms with van der Waals surface area (Å²) in [4.78, 5) is 21.4. The lowest BCUT2D eigenvalue weighted by atomic mass is 10.3. The van der Waals surface area contributed by atoms with E-state index < -0.39 is 4.92 Å². The van der Waals surface area contributed by atoms with Gasteiger partial charge in [-0.2, -0.15) is 4.98 Å². The number of hydrogen-bond donors (Lipinski definition) is 2. The number of anilines is 2. The van der Waals surface area contributed by atoms with Gasteiger partial charge in [-0.1, -0.05) is 11.6 Å². The highest BCUT2D eigenvalue weighted by Gasteiger charge is 2.14. The lowest BCUT2D eigenvalue weighted by Gasteiger charge is -2.06. The molecule has 0 unspecified atom stereocenters. The maximum atomic E-state index is 10.6. The van der Waals surface area contributed by atoms with Gasteiger partial charge in [0.25, 0.3) is 0 Å². The number of nitrogen functional groups attached to an aromatic ring is 1. The van der Waals surface area contributed by atoms with E-state index in [1.54, 1.807) is 18.5 Å². The van der Waals surface area contributed by atoms with Gasteiger partial charge in [0, 0.05) is 29.5 Å². The second kappa shape index (κ2) is 5.44. The zero-order valence-electron chi connectivity index (χ0n) is 9.58. The molecule has 8 nitrogen and oxygen atoms in total. The average molecular weight is 281 g/mol. The fourth-order valence-electron chi connectivity index (χ4n) is 1.33. The Kier molecular flexibility index (Phi) is 3.71. The fourth-order valence-corrected chi connectivity index (χ4v) is 1.50. The van der Waals surface area contributed by atoms with Crippen molar-refractivity contribution in [1.82, 2.24) is 15.0 Å². The molecule has 0 spiro atoms. The molecule has 3 N–H and O–H groups in total. The number of nitrogens with zero attached hydrogens (tertiary/aromatic N) is 4. The predicted molar refractivity (Wildman–Crippen MR) is 69.7 cm³/mol. The average Bonchev–Trinajstić information content (AvgIpc) is 2.37. The summed E-state index contributed by atoms with van der Waals surface area (Å²) in [5, 5.41) is 14.0. The van der Waals surface area contributed by atoms with Crippen molar-refractivity contribution in [2.45, 2.75) is 6.54 Å². The highest BCUT2D eigenvalue weighted by Crippen LogP contribution is 2.19. The monoisotopic (exact) mass is 280 g/mol. The molecule has 0 atom stereocenters. The Morgan fingerprint density at radius 2 is 2.26 bits per heavy atom. The van der Waals surface area contributed by atoms with Gasteiger partial charge in [-0.05, 0) is 6.07 Å². The van der Waals surface area contributed by atoms with Gasteiger partial charge < -0.3 is 11.1 Å². The van der Waals surface area contributed by atoms with Crippen LogP contribution in [0.1, 0.15) is 5.56 Å². The van der Waals surface area contributed by atoms with Gasteiger partial charge in [0.2, 0.25) is 11.8 Å². The first kappa shape index (κ1) is 13.0. The van der Waals surface area contributed by atoms with Crippen LogP contribution in [-0.4, -0.2) is 19.9 Å². The van der Waals surface area contributed by atoms with Crippen molar-refractivity contribution in [2.75, 3.05) is 11.1 Å². The van der Waals surface area contributed by atoms with E-state index in [1.807, 2.05) is 0 Å². The number of nitrogens with two attached hydrogens (primary N) is 1. The number of nitro groups is 1. The summed E-state index contributed by atoms with van der Waals surface area (Å²) in [5.74, 6) is -0.0113. The number of aromatic nitrogens is 3. The normalized spacial score (nSPS) is 10.2. The molecule has 0 saturated carbocycles. The van der Waals surface area contributed by atoms with E-state index in [1.165, 1.54) is 0 Å². The van der Waals surface area contributed by atoms with E-state index in [2.05, 4.69) is 20.3 Å². The van der Waals surface area contributed by atoms with Crippen LogP contribution in [0.5, 0.6) is 0 Å².